The summed E-state index contributed by atoms with van der Waals surface area (Å²) in [5.74, 6) is 0. The summed E-state index contributed by atoms with van der Waals surface area (Å²) in [4.78, 5) is 0. The lowest BCUT2D eigenvalue weighted by Gasteiger charge is -2.05. The highest BCUT2D eigenvalue weighted by Crippen LogP contribution is 2.19. The summed E-state index contributed by atoms with van der Waals surface area (Å²) in [6.07, 6.45) is 1.98. The van der Waals surface area contributed by atoms with E-state index >= 15 is 0 Å². The van der Waals surface area contributed by atoms with Gasteiger partial charge in [0, 0.05) is 10.2 Å². The highest BCUT2D eigenvalue weighted by Gasteiger charge is 2.00. The van der Waals surface area contributed by atoms with Crippen molar-refractivity contribution in [1.29, 1.82) is 0 Å². The predicted molar refractivity (Wildman–Crippen MR) is 54.4 cm³/mol. The number of nitrogens with two attached hydrogens (primary N) is 1. The van der Waals surface area contributed by atoms with Crippen molar-refractivity contribution in [2.45, 2.75) is 20.8 Å². The Morgan fingerprint density at radius 3 is 2.18 bits per heavy atom. The third-order valence-electron chi connectivity index (χ3n) is 1.67. The summed E-state index contributed by atoms with van der Waals surface area (Å²) in [6, 6.07) is 0. The molecule has 0 saturated heterocycles. The Morgan fingerprint density at radius 1 is 1.45 bits per heavy atom. The van der Waals surface area contributed by atoms with Crippen LogP contribution in [0.5, 0.6) is 0 Å². The van der Waals surface area contributed by atoms with Gasteiger partial charge in [0.2, 0.25) is 0 Å². The molecule has 0 unspecified atom stereocenters. The molecule has 0 fully saturated rings. The number of halogens is 1. The molecule has 0 saturated carbocycles. The summed E-state index contributed by atoms with van der Waals surface area (Å²) < 4.78 is 0.844. The molecule has 0 spiro atoms. The summed E-state index contributed by atoms with van der Waals surface area (Å²) in [6.45, 7) is 9.63. The Labute approximate surface area is 76.8 Å². The highest BCUT2D eigenvalue weighted by atomic mass is 79.9. The van der Waals surface area contributed by atoms with Crippen molar-refractivity contribution in [3.63, 3.8) is 0 Å². The molecular weight excluding hydrogens is 202 g/mol. The van der Waals surface area contributed by atoms with Gasteiger partial charge in [0.1, 0.15) is 0 Å². The van der Waals surface area contributed by atoms with Crippen LogP contribution in [0.1, 0.15) is 20.8 Å². The van der Waals surface area contributed by atoms with E-state index in [1.54, 1.807) is 0 Å². The number of rotatable bonds is 2. The van der Waals surface area contributed by atoms with Crippen LogP contribution in [0.15, 0.2) is 34.0 Å². The fourth-order valence-electron chi connectivity index (χ4n) is 0.597. The fourth-order valence-corrected chi connectivity index (χ4v) is 0.811. The zero-order chi connectivity index (χ0) is 9.02. The van der Waals surface area contributed by atoms with Crippen LogP contribution in [0.4, 0.5) is 0 Å². The lowest BCUT2D eigenvalue weighted by atomic mass is 10.1. The van der Waals surface area contributed by atoms with E-state index in [1.807, 2.05) is 26.8 Å². The molecule has 0 aromatic carbocycles. The minimum Gasteiger partial charge on any atom is -0.398 e. The Kier molecular flexibility index (Phi) is 4.19. The zero-order valence-corrected chi connectivity index (χ0v) is 8.83. The van der Waals surface area contributed by atoms with E-state index in [9.17, 15) is 0 Å². The SMILES string of the molecule is C=C(Br)/C(C)=C(N)\C(C)=C/C. The minimum absolute atomic E-state index is 0.800. The molecular formula is C9H14BrN. The third kappa shape index (κ3) is 2.93. The molecule has 0 rings (SSSR count). The summed E-state index contributed by atoms with van der Waals surface area (Å²) in [5, 5.41) is 0. The number of hydrogen-bond acceptors (Lipinski definition) is 1. The largest absolute Gasteiger partial charge is 0.398 e. The van der Waals surface area contributed by atoms with Gasteiger partial charge in [-0.1, -0.05) is 28.6 Å². The van der Waals surface area contributed by atoms with Gasteiger partial charge in [0.25, 0.3) is 0 Å². The van der Waals surface area contributed by atoms with Crippen LogP contribution in [0.3, 0.4) is 0 Å². The second kappa shape index (κ2) is 4.39. The summed E-state index contributed by atoms with van der Waals surface area (Å²) >= 11 is 3.28. The maximum absolute atomic E-state index is 5.79. The number of hydrogen-bond donors (Lipinski definition) is 1. The van der Waals surface area contributed by atoms with Crippen LogP contribution < -0.4 is 5.73 Å². The number of allylic oxidation sites excluding steroid dienone is 4. The molecule has 0 aromatic heterocycles. The van der Waals surface area contributed by atoms with Gasteiger partial charge in [-0.3, -0.25) is 0 Å². The standard InChI is InChI=1S/C9H14BrN/c1-5-6(2)9(11)7(3)8(4)10/h5H,4,11H2,1-3H3/b6-5-,9-7+. The van der Waals surface area contributed by atoms with E-state index in [4.69, 9.17) is 5.73 Å². The average molecular weight is 216 g/mol. The van der Waals surface area contributed by atoms with Gasteiger partial charge in [-0.05, 0) is 31.9 Å². The monoisotopic (exact) mass is 215 g/mol. The van der Waals surface area contributed by atoms with Gasteiger partial charge in [0.05, 0.1) is 0 Å². The van der Waals surface area contributed by atoms with Crippen LogP contribution in [0, 0.1) is 0 Å². The molecule has 0 heterocycles. The molecule has 0 atom stereocenters. The van der Waals surface area contributed by atoms with Crippen molar-refractivity contribution < 1.29 is 0 Å². The van der Waals surface area contributed by atoms with E-state index in [0.717, 1.165) is 21.3 Å². The molecule has 0 radical (unpaired) electrons. The predicted octanol–water partition coefficient (Wildman–Crippen LogP) is 3.09. The van der Waals surface area contributed by atoms with Crippen molar-refractivity contribution in [3.8, 4) is 0 Å². The lowest BCUT2D eigenvalue weighted by Crippen LogP contribution is -2.02. The van der Waals surface area contributed by atoms with Crippen LogP contribution in [-0.2, 0) is 0 Å². The summed E-state index contributed by atoms with van der Waals surface area (Å²) in [7, 11) is 0. The average Bonchev–Trinajstić information content (AvgIpc) is 2.00. The van der Waals surface area contributed by atoms with Crippen LogP contribution in [-0.4, -0.2) is 0 Å². The molecule has 1 nitrogen and oxygen atoms in total. The molecule has 0 aliphatic carbocycles. The Balaban J connectivity index is 4.81. The van der Waals surface area contributed by atoms with Crippen molar-refractivity contribution in [2.75, 3.05) is 0 Å². The molecule has 2 heteroatoms. The van der Waals surface area contributed by atoms with Crippen LogP contribution in [0.2, 0.25) is 0 Å². The second-order valence-corrected chi connectivity index (χ2v) is 3.37. The van der Waals surface area contributed by atoms with Gasteiger partial charge in [-0.15, -0.1) is 0 Å². The molecule has 0 aliphatic heterocycles. The van der Waals surface area contributed by atoms with Crippen LogP contribution >= 0.6 is 15.9 Å². The first-order valence-corrected chi connectivity index (χ1v) is 4.24. The first-order chi connectivity index (χ1) is 5.00. The van der Waals surface area contributed by atoms with Crippen molar-refractivity contribution >= 4 is 15.9 Å². The van der Waals surface area contributed by atoms with Gasteiger partial charge in [-0.25, -0.2) is 0 Å². The molecule has 11 heavy (non-hydrogen) atoms. The molecule has 2 N–H and O–H groups in total. The maximum atomic E-state index is 5.79. The molecule has 0 aromatic rings. The second-order valence-electron chi connectivity index (χ2n) is 2.42. The third-order valence-corrected chi connectivity index (χ3v) is 2.26. The van der Waals surface area contributed by atoms with E-state index in [1.165, 1.54) is 0 Å². The van der Waals surface area contributed by atoms with Gasteiger partial charge < -0.3 is 5.73 Å². The summed E-state index contributed by atoms with van der Waals surface area (Å²) in [5.41, 5.74) is 8.68. The van der Waals surface area contributed by atoms with Crippen molar-refractivity contribution in [1.82, 2.24) is 0 Å². The van der Waals surface area contributed by atoms with Gasteiger partial charge in [0.15, 0.2) is 0 Å². The molecule has 0 aliphatic rings. The molecule has 62 valence electrons. The fraction of sp³-hybridized carbons (Fsp3) is 0.333. The van der Waals surface area contributed by atoms with Crippen LogP contribution in [0.25, 0.3) is 0 Å². The highest BCUT2D eigenvalue weighted by molar-refractivity contribution is 9.11. The van der Waals surface area contributed by atoms with E-state index < -0.39 is 0 Å². The van der Waals surface area contributed by atoms with Crippen molar-refractivity contribution in [2.24, 2.45) is 5.73 Å². The van der Waals surface area contributed by atoms with E-state index in [-0.39, 0.29) is 0 Å². The lowest BCUT2D eigenvalue weighted by molar-refractivity contribution is 1.22. The first kappa shape index (κ1) is 10.5. The Hall–Kier alpha value is -0.500. The molecule has 0 amide bonds. The molecule has 0 bridgehead atoms. The van der Waals surface area contributed by atoms with E-state index in [0.29, 0.717) is 0 Å². The van der Waals surface area contributed by atoms with E-state index in [2.05, 4.69) is 22.5 Å². The zero-order valence-electron chi connectivity index (χ0n) is 7.24. The topological polar surface area (TPSA) is 26.0 Å². The van der Waals surface area contributed by atoms with Crippen molar-refractivity contribution in [3.05, 3.63) is 34.0 Å². The van der Waals surface area contributed by atoms with Gasteiger partial charge >= 0.3 is 0 Å². The smallest absolute Gasteiger partial charge is 0.0381 e. The minimum atomic E-state index is 0.800. The maximum Gasteiger partial charge on any atom is 0.0381 e. The Bertz CT molecular complexity index is 224. The first-order valence-electron chi connectivity index (χ1n) is 3.45. The van der Waals surface area contributed by atoms with Gasteiger partial charge in [-0.2, -0.15) is 0 Å². The normalized spacial score (nSPS) is 14.4. The quantitative estimate of drug-likeness (QED) is 0.705. The Morgan fingerprint density at radius 2 is 1.91 bits per heavy atom.